The Balaban J connectivity index is 0.00000901. The van der Waals surface area contributed by atoms with Crippen molar-refractivity contribution in [1.29, 1.82) is 0 Å². The smallest absolute Gasteiger partial charge is 0.211 e. The van der Waals surface area contributed by atoms with Gasteiger partial charge in [-0.3, -0.25) is 0 Å². The topological polar surface area (TPSA) is 25.3 Å². The summed E-state index contributed by atoms with van der Waals surface area (Å²) in [4.78, 5) is 0. The predicted molar refractivity (Wildman–Crippen MR) is 220 cm³/mol. The van der Waals surface area contributed by atoms with Crippen molar-refractivity contribution >= 4 is 11.4 Å². The van der Waals surface area contributed by atoms with Gasteiger partial charge in [0.25, 0.3) is 0 Å². The van der Waals surface area contributed by atoms with E-state index in [1.807, 2.05) is 0 Å². The Bertz CT molecular complexity index is 1250. The van der Waals surface area contributed by atoms with Gasteiger partial charge in [-0.25, -0.2) is 4.70 Å². The molecule has 0 spiro atoms. The maximum Gasteiger partial charge on any atom is 0.211 e. The molecular weight excluding hydrogens is 711 g/mol. The largest absolute Gasteiger partial charge is 0.493 e. The van der Waals surface area contributed by atoms with E-state index in [1.54, 1.807) is 4.70 Å². The molecule has 0 bridgehead atoms. The standard InChI is InChI=1S/C48H76N2.Pd/c1-5-9-12-13-14-15-16-17-18-19-20-21-22-23-24-25-26-29-32-46-45(8-4)47(43-37-33-41(34-38-43)30-27-10-6-2)50(49)48(46)44-39-35-42(36-40-44)31-28-11-7-3;/h33-40H,5-32H2,1-4H3;. The Morgan fingerprint density at radius 1 is 0.373 bits per heavy atom. The third-order valence-corrected chi connectivity index (χ3v) is 11.1. The normalized spacial score (nSPS) is 13.1. The first-order valence-electron chi connectivity index (χ1n) is 21.8. The molecule has 1 aliphatic rings. The van der Waals surface area contributed by atoms with Crippen LogP contribution in [0.1, 0.15) is 217 Å². The van der Waals surface area contributed by atoms with Gasteiger partial charge in [0, 0.05) is 42.7 Å². The molecule has 0 aromatic heterocycles. The van der Waals surface area contributed by atoms with Gasteiger partial charge in [0.2, 0.25) is 11.4 Å². The molecule has 0 radical (unpaired) electrons. The van der Waals surface area contributed by atoms with Crippen LogP contribution >= 0.6 is 0 Å². The van der Waals surface area contributed by atoms with Crippen LogP contribution in [0, 0.1) is 0 Å². The van der Waals surface area contributed by atoms with E-state index < -0.39 is 0 Å². The zero-order valence-electron chi connectivity index (χ0n) is 33.6. The Kier molecular flexibility index (Phi) is 25.5. The Labute approximate surface area is 329 Å². The molecule has 0 saturated carbocycles. The minimum atomic E-state index is 0. The number of benzene rings is 2. The summed E-state index contributed by atoms with van der Waals surface area (Å²) in [5.74, 6) is 0. The van der Waals surface area contributed by atoms with Crippen LogP contribution in [-0.2, 0) is 33.3 Å². The second-order valence-corrected chi connectivity index (χ2v) is 15.4. The molecule has 3 heteroatoms. The molecule has 2 aromatic rings. The van der Waals surface area contributed by atoms with Crippen LogP contribution in [-0.4, -0.2) is 4.70 Å². The second kappa shape index (κ2) is 28.7. The zero-order chi connectivity index (χ0) is 35.7. The monoisotopic (exact) mass is 787 g/mol. The molecule has 0 atom stereocenters. The number of allylic oxidation sites excluding steroid dienone is 2. The molecule has 0 saturated heterocycles. The molecule has 51 heavy (non-hydrogen) atoms. The van der Waals surface area contributed by atoms with Crippen molar-refractivity contribution in [2.75, 3.05) is 0 Å². The molecule has 1 heterocycles. The Morgan fingerprint density at radius 3 is 1.02 bits per heavy atom. The van der Waals surface area contributed by atoms with Crippen molar-refractivity contribution < 1.29 is 25.1 Å². The van der Waals surface area contributed by atoms with Crippen LogP contribution < -0.4 is 0 Å². The summed E-state index contributed by atoms with van der Waals surface area (Å²) in [7, 11) is 0. The first kappa shape index (κ1) is 45.3. The van der Waals surface area contributed by atoms with E-state index in [0.29, 0.717) is 0 Å². The van der Waals surface area contributed by atoms with Gasteiger partial charge in [-0.05, 0) is 80.3 Å². The quantitative estimate of drug-likeness (QED) is 0.0428. The molecule has 0 amide bonds. The van der Waals surface area contributed by atoms with Crippen LogP contribution in [0.15, 0.2) is 59.7 Å². The summed E-state index contributed by atoms with van der Waals surface area (Å²) in [6, 6.07) is 18.1. The fourth-order valence-corrected chi connectivity index (χ4v) is 7.92. The zero-order valence-corrected chi connectivity index (χ0v) is 35.2. The van der Waals surface area contributed by atoms with Crippen LogP contribution in [0.4, 0.5) is 0 Å². The number of hydrogen-bond acceptors (Lipinski definition) is 0. The van der Waals surface area contributed by atoms with Crippen LogP contribution in [0.3, 0.4) is 0 Å². The molecular formula is C48H76N2Pd. The first-order valence-corrected chi connectivity index (χ1v) is 21.8. The van der Waals surface area contributed by atoms with Crippen molar-refractivity contribution in [3.05, 3.63) is 87.5 Å². The maximum atomic E-state index is 11.9. The molecule has 0 aliphatic carbocycles. The summed E-state index contributed by atoms with van der Waals surface area (Å²) < 4.78 is 1.54. The van der Waals surface area contributed by atoms with Gasteiger partial charge in [-0.1, -0.05) is 187 Å². The molecule has 2 nitrogen and oxygen atoms in total. The van der Waals surface area contributed by atoms with E-state index in [-0.39, 0.29) is 20.4 Å². The third-order valence-electron chi connectivity index (χ3n) is 11.1. The average Bonchev–Trinajstić information content (AvgIpc) is 3.42. The molecule has 0 unspecified atom stereocenters. The predicted octanol–water partition coefficient (Wildman–Crippen LogP) is 16.2. The number of hydrogen-bond donors (Lipinski definition) is 0. The third kappa shape index (κ3) is 16.8. The average molecular weight is 788 g/mol. The Hall–Kier alpha value is -1.82. The summed E-state index contributed by atoms with van der Waals surface area (Å²) in [5.41, 5.74) is 21.6. The van der Waals surface area contributed by atoms with Gasteiger partial charge in [-0.2, -0.15) is 0 Å². The van der Waals surface area contributed by atoms with Gasteiger partial charge < -0.3 is 5.53 Å². The minimum Gasteiger partial charge on any atom is -0.493 e. The number of aryl methyl sites for hydroxylation is 2. The van der Waals surface area contributed by atoms with Crippen LogP contribution in [0.2, 0.25) is 0 Å². The minimum absolute atomic E-state index is 0. The van der Waals surface area contributed by atoms with E-state index in [0.717, 1.165) is 48.2 Å². The van der Waals surface area contributed by atoms with Crippen molar-refractivity contribution in [3.8, 4) is 0 Å². The van der Waals surface area contributed by atoms with Crippen molar-refractivity contribution in [2.24, 2.45) is 0 Å². The maximum absolute atomic E-state index is 11.9. The summed E-state index contributed by atoms with van der Waals surface area (Å²) in [6.07, 6.45) is 37.0. The fourth-order valence-electron chi connectivity index (χ4n) is 7.92. The van der Waals surface area contributed by atoms with E-state index in [9.17, 15) is 5.53 Å². The summed E-state index contributed by atoms with van der Waals surface area (Å²) >= 11 is 0. The number of unbranched alkanes of at least 4 members (excludes halogenated alkanes) is 21. The van der Waals surface area contributed by atoms with Crippen LogP contribution in [0.5, 0.6) is 0 Å². The van der Waals surface area contributed by atoms with E-state index in [2.05, 4.69) is 76.2 Å². The second-order valence-electron chi connectivity index (χ2n) is 15.4. The van der Waals surface area contributed by atoms with Crippen molar-refractivity contribution in [3.63, 3.8) is 0 Å². The summed E-state index contributed by atoms with van der Waals surface area (Å²) in [6.45, 7) is 9.10. The first-order chi connectivity index (χ1) is 24.6. The van der Waals surface area contributed by atoms with Gasteiger partial charge in [0.05, 0.1) is 0 Å². The summed E-state index contributed by atoms with van der Waals surface area (Å²) in [5, 5.41) is 0. The van der Waals surface area contributed by atoms with Crippen molar-refractivity contribution in [2.45, 2.75) is 207 Å². The molecule has 0 N–H and O–H groups in total. The fraction of sp³-hybridized carbons (Fsp3) is 0.667. The molecule has 1 aliphatic heterocycles. The van der Waals surface area contributed by atoms with E-state index in [1.165, 1.54) is 176 Å². The van der Waals surface area contributed by atoms with Crippen molar-refractivity contribution in [1.82, 2.24) is 0 Å². The van der Waals surface area contributed by atoms with E-state index in [4.69, 9.17) is 0 Å². The van der Waals surface area contributed by atoms with Gasteiger partial charge in [0.15, 0.2) is 0 Å². The number of rotatable bonds is 30. The number of nitrogens with zero attached hydrogens (tertiary/aromatic N) is 2. The van der Waals surface area contributed by atoms with Gasteiger partial charge in [-0.15, -0.1) is 0 Å². The molecule has 0 fully saturated rings. The van der Waals surface area contributed by atoms with Gasteiger partial charge >= 0.3 is 0 Å². The van der Waals surface area contributed by atoms with Crippen LogP contribution in [0.25, 0.3) is 16.9 Å². The Morgan fingerprint density at radius 2 is 0.667 bits per heavy atom. The molecule has 3 rings (SSSR count). The molecule has 288 valence electrons. The SMILES string of the molecule is CCCCCCCCCCCCCCCCCCCCC1=C(c2ccc(CCCCC)cc2)[N+](=[N-])C(c2ccc(CCCCC)cc2)=C1CC.[Pd]. The van der Waals surface area contributed by atoms with E-state index >= 15 is 0 Å². The molecule has 2 aromatic carbocycles. The van der Waals surface area contributed by atoms with Gasteiger partial charge in [0.1, 0.15) is 0 Å².